The van der Waals surface area contributed by atoms with E-state index in [4.69, 9.17) is 4.74 Å². The van der Waals surface area contributed by atoms with Crippen molar-refractivity contribution in [1.82, 2.24) is 4.98 Å². The fraction of sp³-hybridized carbons (Fsp3) is 0. The van der Waals surface area contributed by atoms with E-state index in [0.717, 1.165) is 4.47 Å². The molecule has 0 aliphatic heterocycles. The van der Waals surface area contributed by atoms with Gasteiger partial charge in [-0.1, -0.05) is 6.07 Å². The minimum absolute atomic E-state index is 0.334. The van der Waals surface area contributed by atoms with Crippen LogP contribution in [0.25, 0.3) is 0 Å². The fourth-order valence-corrected chi connectivity index (χ4v) is 1.42. The molecule has 0 unspecified atom stereocenters. The van der Waals surface area contributed by atoms with Crippen molar-refractivity contribution in [3.8, 4) is 11.6 Å². The van der Waals surface area contributed by atoms with Gasteiger partial charge in [0.2, 0.25) is 5.88 Å². The third-order valence-corrected chi connectivity index (χ3v) is 2.34. The highest BCUT2D eigenvalue weighted by Crippen LogP contribution is 2.26. The summed E-state index contributed by atoms with van der Waals surface area (Å²) < 4.78 is 19.0. The summed E-state index contributed by atoms with van der Waals surface area (Å²) in [5.74, 6) is 0.511. The Morgan fingerprint density at radius 2 is 2.07 bits per heavy atom. The van der Waals surface area contributed by atoms with Crippen LogP contribution in [-0.2, 0) is 0 Å². The average molecular weight is 268 g/mol. The largest absolute Gasteiger partial charge is 0.438 e. The van der Waals surface area contributed by atoms with Crippen LogP contribution in [0.15, 0.2) is 47.1 Å². The normalized spacial score (nSPS) is 10.0. The first-order valence-corrected chi connectivity index (χ1v) is 5.09. The maximum atomic E-state index is 12.9. The van der Waals surface area contributed by atoms with Crippen LogP contribution in [0, 0.1) is 5.82 Å². The summed E-state index contributed by atoms with van der Waals surface area (Å²) in [6.45, 7) is 0. The van der Waals surface area contributed by atoms with Gasteiger partial charge in [-0.15, -0.1) is 0 Å². The van der Waals surface area contributed by atoms with Gasteiger partial charge in [0.05, 0.1) is 4.47 Å². The van der Waals surface area contributed by atoms with Crippen molar-refractivity contribution in [3.63, 3.8) is 0 Å². The summed E-state index contributed by atoms with van der Waals surface area (Å²) in [6.07, 6.45) is 1.61. The van der Waals surface area contributed by atoms with Gasteiger partial charge in [0.1, 0.15) is 11.6 Å². The Balaban J connectivity index is 2.26. The van der Waals surface area contributed by atoms with E-state index in [-0.39, 0.29) is 5.82 Å². The lowest BCUT2D eigenvalue weighted by Crippen LogP contribution is -1.88. The van der Waals surface area contributed by atoms with Crippen LogP contribution in [0.1, 0.15) is 0 Å². The van der Waals surface area contributed by atoms with Crippen molar-refractivity contribution in [3.05, 3.63) is 52.9 Å². The second-order valence-corrected chi connectivity index (χ2v) is 3.70. The third-order valence-electron chi connectivity index (χ3n) is 1.74. The molecule has 0 aliphatic rings. The maximum Gasteiger partial charge on any atom is 0.233 e. The summed E-state index contributed by atoms with van der Waals surface area (Å²) in [4.78, 5) is 4.01. The first kappa shape index (κ1) is 10.1. The van der Waals surface area contributed by atoms with Gasteiger partial charge in [-0.25, -0.2) is 9.37 Å². The highest BCUT2D eigenvalue weighted by atomic mass is 79.9. The summed E-state index contributed by atoms with van der Waals surface area (Å²) >= 11 is 3.29. The number of aromatic nitrogens is 1. The Morgan fingerprint density at radius 3 is 2.80 bits per heavy atom. The van der Waals surface area contributed by atoms with Crippen LogP contribution in [0.5, 0.6) is 11.6 Å². The van der Waals surface area contributed by atoms with Crippen LogP contribution in [0.4, 0.5) is 4.39 Å². The Labute approximate surface area is 94.9 Å². The first-order valence-electron chi connectivity index (χ1n) is 4.29. The summed E-state index contributed by atoms with van der Waals surface area (Å²) in [5.41, 5.74) is 0. The molecule has 0 saturated heterocycles. The number of nitrogens with zero attached hydrogens (tertiary/aromatic N) is 1. The maximum absolute atomic E-state index is 12.9. The molecule has 76 valence electrons. The fourth-order valence-electron chi connectivity index (χ4n) is 1.09. The highest BCUT2D eigenvalue weighted by molar-refractivity contribution is 9.10. The van der Waals surface area contributed by atoms with Gasteiger partial charge in [0.15, 0.2) is 0 Å². The SMILES string of the molecule is Fc1cccc(Oc2ncccc2Br)c1. The molecule has 1 heterocycles. The molecule has 0 fully saturated rings. The van der Waals surface area contributed by atoms with Gasteiger partial charge in [-0.3, -0.25) is 0 Å². The van der Waals surface area contributed by atoms with Crippen molar-refractivity contribution in [1.29, 1.82) is 0 Å². The number of hydrogen-bond donors (Lipinski definition) is 0. The molecule has 0 spiro atoms. The molecule has 0 radical (unpaired) electrons. The second kappa shape index (κ2) is 4.40. The molecule has 2 rings (SSSR count). The molecule has 0 N–H and O–H groups in total. The molecule has 4 heteroatoms. The van der Waals surface area contributed by atoms with Crippen molar-refractivity contribution in [2.24, 2.45) is 0 Å². The summed E-state index contributed by atoms with van der Waals surface area (Å²) in [6, 6.07) is 9.51. The van der Waals surface area contributed by atoms with E-state index in [2.05, 4.69) is 20.9 Å². The molecule has 1 aromatic heterocycles. The number of rotatable bonds is 2. The van der Waals surface area contributed by atoms with E-state index >= 15 is 0 Å². The molecule has 2 nitrogen and oxygen atoms in total. The molecule has 1 aromatic carbocycles. The van der Waals surface area contributed by atoms with Crippen LogP contribution in [0.3, 0.4) is 0 Å². The number of benzene rings is 1. The van der Waals surface area contributed by atoms with E-state index in [1.807, 2.05) is 6.07 Å². The number of ether oxygens (including phenoxy) is 1. The molecular formula is C11H7BrFNO. The van der Waals surface area contributed by atoms with E-state index in [1.54, 1.807) is 24.4 Å². The van der Waals surface area contributed by atoms with Gasteiger partial charge in [0, 0.05) is 12.3 Å². The molecule has 0 saturated carbocycles. The predicted molar refractivity (Wildman–Crippen MR) is 58.4 cm³/mol. The van der Waals surface area contributed by atoms with E-state index in [0.29, 0.717) is 11.6 Å². The molecule has 2 aromatic rings. The van der Waals surface area contributed by atoms with E-state index < -0.39 is 0 Å². The van der Waals surface area contributed by atoms with Crippen LogP contribution in [-0.4, -0.2) is 4.98 Å². The Kier molecular flexibility index (Phi) is 2.97. The lowest BCUT2D eigenvalue weighted by atomic mass is 10.3. The minimum atomic E-state index is -0.334. The Hall–Kier alpha value is -1.42. The predicted octanol–water partition coefficient (Wildman–Crippen LogP) is 3.78. The van der Waals surface area contributed by atoms with Crippen molar-refractivity contribution in [2.45, 2.75) is 0 Å². The van der Waals surface area contributed by atoms with Crippen LogP contribution >= 0.6 is 15.9 Å². The number of halogens is 2. The molecule has 0 amide bonds. The van der Waals surface area contributed by atoms with Crippen LogP contribution in [0.2, 0.25) is 0 Å². The van der Waals surface area contributed by atoms with Crippen LogP contribution < -0.4 is 4.74 Å². The summed E-state index contributed by atoms with van der Waals surface area (Å²) in [5, 5.41) is 0. The zero-order chi connectivity index (χ0) is 10.7. The monoisotopic (exact) mass is 267 g/mol. The molecule has 0 aliphatic carbocycles. The topological polar surface area (TPSA) is 22.1 Å². The minimum Gasteiger partial charge on any atom is -0.438 e. The number of pyridine rings is 1. The quantitative estimate of drug-likeness (QED) is 0.826. The smallest absolute Gasteiger partial charge is 0.233 e. The zero-order valence-electron chi connectivity index (χ0n) is 7.65. The highest BCUT2D eigenvalue weighted by Gasteiger charge is 2.03. The van der Waals surface area contributed by atoms with Gasteiger partial charge in [-0.05, 0) is 40.2 Å². The lowest BCUT2D eigenvalue weighted by molar-refractivity contribution is 0.455. The van der Waals surface area contributed by atoms with E-state index in [1.165, 1.54) is 12.1 Å². The van der Waals surface area contributed by atoms with Gasteiger partial charge >= 0.3 is 0 Å². The molecular weight excluding hydrogens is 261 g/mol. The lowest BCUT2D eigenvalue weighted by Gasteiger charge is -2.05. The summed E-state index contributed by atoms with van der Waals surface area (Å²) in [7, 11) is 0. The van der Waals surface area contributed by atoms with Gasteiger partial charge in [0.25, 0.3) is 0 Å². The second-order valence-electron chi connectivity index (χ2n) is 2.85. The molecule has 0 bridgehead atoms. The Morgan fingerprint density at radius 1 is 1.20 bits per heavy atom. The van der Waals surface area contributed by atoms with Crippen molar-refractivity contribution in [2.75, 3.05) is 0 Å². The van der Waals surface area contributed by atoms with Crippen molar-refractivity contribution >= 4 is 15.9 Å². The molecule has 15 heavy (non-hydrogen) atoms. The van der Waals surface area contributed by atoms with Gasteiger partial charge < -0.3 is 4.74 Å². The standard InChI is InChI=1S/C11H7BrFNO/c12-10-5-2-6-14-11(10)15-9-4-1-3-8(13)7-9/h1-7H. The first-order chi connectivity index (χ1) is 7.25. The van der Waals surface area contributed by atoms with Gasteiger partial charge in [-0.2, -0.15) is 0 Å². The third kappa shape index (κ3) is 2.53. The van der Waals surface area contributed by atoms with E-state index in [9.17, 15) is 4.39 Å². The average Bonchev–Trinajstić information content (AvgIpc) is 2.22. The van der Waals surface area contributed by atoms with Crippen molar-refractivity contribution < 1.29 is 9.13 Å². The Bertz CT molecular complexity index is 476. The molecule has 0 atom stereocenters. The number of hydrogen-bond acceptors (Lipinski definition) is 2. The zero-order valence-corrected chi connectivity index (χ0v) is 9.24.